The molecule has 0 radical (unpaired) electrons. The lowest BCUT2D eigenvalue weighted by atomic mass is 9.73. The first-order valence-electron chi connectivity index (χ1n) is 8.50. The molecule has 1 fully saturated rings. The molecule has 5 heteroatoms. The molecule has 1 aromatic heterocycles. The Morgan fingerprint density at radius 1 is 1.17 bits per heavy atom. The van der Waals surface area contributed by atoms with Gasteiger partial charge in [0.25, 0.3) is 5.89 Å². The van der Waals surface area contributed by atoms with E-state index in [-0.39, 0.29) is 5.92 Å². The quantitative estimate of drug-likeness (QED) is 0.878. The number of nitrogens with one attached hydrogen (secondary N) is 1. The number of quaternary nitrogens is 1. The molecule has 1 atom stereocenters. The highest BCUT2D eigenvalue weighted by Crippen LogP contribution is 2.42. The van der Waals surface area contributed by atoms with Gasteiger partial charge in [-0.25, -0.2) is 0 Å². The molecule has 1 saturated carbocycles. The average molecular weight is 316 g/mol. The molecule has 1 unspecified atom stereocenters. The molecule has 0 spiro atoms. The molecule has 23 heavy (non-hydrogen) atoms. The zero-order valence-corrected chi connectivity index (χ0v) is 14.0. The summed E-state index contributed by atoms with van der Waals surface area (Å²) in [5.74, 6) is 1.12. The molecule has 2 aromatic rings. The molecule has 0 amide bonds. The first-order valence-corrected chi connectivity index (χ1v) is 8.50. The van der Waals surface area contributed by atoms with E-state index in [0.717, 1.165) is 31.2 Å². The van der Waals surface area contributed by atoms with Crippen molar-refractivity contribution in [2.75, 3.05) is 14.1 Å². The van der Waals surface area contributed by atoms with E-state index >= 15 is 0 Å². The zero-order chi connectivity index (χ0) is 16.3. The lowest BCUT2D eigenvalue weighted by Gasteiger charge is -2.36. The standard InChI is InChI=1S/C18H25N3O2/c1-21(2)13-16-19-17(20-23-16)18(22,14-9-5-3-6-10-14)15-11-7-4-8-12-15/h3,5-6,9-10,15,22H,4,7-8,11-13H2,1-2H3/p+1. The Bertz CT molecular complexity index is 620. The fourth-order valence-electron chi connectivity index (χ4n) is 3.54. The fraction of sp³-hybridized carbons (Fsp3) is 0.556. The van der Waals surface area contributed by atoms with Gasteiger partial charge >= 0.3 is 0 Å². The monoisotopic (exact) mass is 316 g/mol. The van der Waals surface area contributed by atoms with Crippen molar-refractivity contribution in [3.8, 4) is 0 Å². The molecule has 1 heterocycles. The molecule has 5 nitrogen and oxygen atoms in total. The normalized spacial score (nSPS) is 19.0. The fourth-order valence-corrected chi connectivity index (χ4v) is 3.54. The Morgan fingerprint density at radius 2 is 1.87 bits per heavy atom. The van der Waals surface area contributed by atoms with Crippen molar-refractivity contribution in [3.63, 3.8) is 0 Å². The van der Waals surface area contributed by atoms with Crippen LogP contribution in [-0.2, 0) is 12.1 Å². The van der Waals surface area contributed by atoms with Gasteiger partial charge < -0.3 is 14.5 Å². The van der Waals surface area contributed by atoms with Crippen molar-refractivity contribution < 1.29 is 14.5 Å². The largest absolute Gasteiger partial charge is 0.377 e. The van der Waals surface area contributed by atoms with Crippen LogP contribution >= 0.6 is 0 Å². The van der Waals surface area contributed by atoms with Crippen LogP contribution in [0.2, 0.25) is 0 Å². The zero-order valence-electron chi connectivity index (χ0n) is 14.0. The molecule has 0 aliphatic heterocycles. The summed E-state index contributed by atoms with van der Waals surface area (Å²) in [5.41, 5.74) is -0.304. The Morgan fingerprint density at radius 3 is 2.52 bits per heavy atom. The third-order valence-electron chi connectivity index (χ3n) is 4.72. The van der Waals surface area contributed by atoms with Gasteiger partial charge in [0.2, 0.25) is 5.82 Å². The van der Waals surface area contributed by atoms with Crippen LogP contribution in [0.5, 0.6) is 0 Å². The van der Waals surface area contributed by atoms with Gasteiger partial charge in [0.15, 0.2) is 12.1 Å². The van der Waals surface area contributed by atoms with Gasteiger partial charge in [0, 0.05) is 0 Å². The number of nitrogens with zero attached hydrogens (tertiary/aromatic N) is 2. The maximum absolute atomic E-state index is 11.6. The minimum absolute atomic E-state index is 0.135. The minimum Gasteiger partial charge on any atom is -0.377 e. The average Bonchev–Trinajstić information content (AvgIpc) is 3.04. The van der Waals surface area contributed by atoms with Gasteiger partial charge in [-0.15, -0.1) is 0 Å². The van der Waals surface area contributed by atoms with Crippen LogP contribution in [0, 0.1) is 5.92 Å². The third kappa shape index (κ3) is 3.31. The molecule has 0 bridgehead atoms. The summed E-state index contributed by atoms with van der Waals surface area (Å²) in [6, 6.07) is 9.79. The molecule has 2 N–H and O–H groups in total. The number of aromatic nitrogens is 2. The van der Waals surface area contributed by atoms with Crippen LogP contribution < -0.4 is 4.90 Å². The highest BCUT2D eigenvalue weighted by molar-refractivity contribution is 5.30. The highest BCUT2D eigenvalue weighted by Gasteiger charge is 2.44. The van der Waals surface area contributed by atoms with E-state index in [4.69, 9.17) is 4.52 Å². The van der Waals surface area contributed by atoms with Crippen LogP contribution in [0.4, 0.5) is 0 Å². The van der Waals surface area contributed by atoms with Crippen molar-refractivity contribution in [3.05, 3.63) is 47.6 Å². The number of rotatable bonds is 5. The lowest BCUT2D eigenvalue weighted by molar-refractivity contribution is -0.874. The van der Waals surface area contributed by atoms with E-state index in [1.807, 2.05) is 44.4 Å². The van der Waals surface area contributed by atoms with E-state index < -0.39 is 5.60 Å². The van der Waals surface area contributed by atoms with E-state index in [0.29, 0.717) is 18.3 Å². The lowest BCUT2D eigenvalue weighted by Crippen LogP contribution is -3.04. The molecular formula is C18H26N3O2+. The number of hydrogen-bond donors (Lipinski definition) is 2. The summed E-state index contributed by atoms with van der Waals surface area (Å²) in [6.07, 6.45) is 5.52. The summed E-state index contributed by atoms with van der Waals surface area (Å²) in [6.45, 7) is 0.655. The number of aliphatic hydroxyl groups is 1. The van der Waals surface area contributed by atoms with Crippen molar-refractivity contribution in [1.29, 1.82) is 0 Å². The summed E-state index contributed by atoms with van der Waals surface area (Å²) in [5, 5.41) is 15.8. The van der Waals surface area contributed by atoms with Gasteiger partial charge in [-0.05, 0) is 24.3 Å². The minimum atomic E-state index is -1.16. The second-order valence-electron chi connectivity index (χ2n) is 6.86. The summed E-state index contributed by atoms with van der Waals surface area (Å²) >= 11 is 0. The van der Waals surface area contributed by atoms with Crippen LogP contribution in [-0.4, -0.2) is 29.3 Å². The third-order valence-corrected chi connectivity index (χ3v) is 4.72. The van der Waals surface area contributed by atoms with Crippen molar-refractivity contribution in [2.24, 2.45) is 5.92 Å². The van der Waals surface area contributed by atoms with Gasteiger partial charge in [-0.3, -0.25) is 0 Å². The van der Waals surface area contributed by atoms with Gasteiger partial charge in [0.05, 0.1) is 14.1 Å². The Labute approximate surface area is 137 Å². The first-order chi connectivity index (χ1) is 11.1. The molecule has 0 saturated heterocycles. The van der Waals surface area contributed by atoms with Gasteiger partial charge in [-0.2, -0.15) is 4.98 Å². The van der Waals surface area contributed by atoms with Gasteiger partial charge in [-0.1, -0.05) is 54.8 Å². The Balaban J connectivity index is 1.99. The summed E-state index contributed by atoms with van der Waals surface area (Å²) in [4.78, 5) is 5.73. The number of benzene rings is 1. The number of hydrogen-bond acceptors (Lipinski definition) is 4. The van der Waals surface area contributed by atoms with Crippen LogP contribution in [0.3, 0.4) is 0 Å². The van der Waals surface area contributed by atoms with Crippen LogP contribution in [0.15, 0.2) is 34.9 Å². The highest BCUT2D eigenvalue weighted by atomic mass is 16.5. The van der Waals surface area contributed by atoms with Crippen molar-refractivity contribution >= 4 is 0 Å². The predicted molar refractivity (Wildman–Crippen MR) is 86.8 cm³/mol. The Kier molecular flexibility index (Phi) is 4.78. The summed E-state index contributed by atoms with van der Waals surface area (Å²) in [7, 11) is 4.07. The van der Waals surface area contributed by atoms with Crippen LogP contribution in [0.25, 0.3) is 0 Å². The van der Waals surface area contributed by atoms with E-state index in [9.17, 15) is 5.11 Å². The smallest absolute Gasteiger partial charge is 0.281 e. The summed E-state index contributed by atoms with van der Waals surface area (Å²) < 4.78 is 5.39. The second kappa shape index (κ2) is 6.81. The maximum Gasteiger partial charge on any atom is 0.281 e. The predicted octanol–water partition coefficient (Wildman–Crippen LogP) is 1.53. The van der Waals surface area contributed by atoms with E-state index in [2.05, 4.69) is 10.1 Å². The first kappa shape index (κ1) is 16.1. The molecule has 3 rings (SSSR count). The van der Waals surface area contributed by atoms with Gasteiger partial charge in [0.1, 0.15) is 0 Å². The van der Waals surface area contributed by atoms with E-state index in [1.165, 1.54) is 11.3 Å². The maximum atomic E-state index is 11.6. The van der Waals surface area contributed by atoms with Crippen molar-refractivity contribution in [1.82, 2.24) is 10.1 Å². The molecule has 1 aliphatic carbocycles. The Hall–Kier alpha value is -1.72. The molecule has 124 valence electrons. The topological polar surface area (TPSA) is 63.6 Å². The molecule has 1 aliphatic rings. The van der Waals surface area contributed by atoms with E-state index in [1.54, 1.807) is 0 Å². The molecule has 1 aromatic carbocycles. The SMILES string of the molecule is C[NH+](C)Cc1nc(C(O)(c2ccccc2)C2CCCCC2)no1. The molecular weight excluding hydrogens is 290 g/mol. The van der Waals surface area contributed by atoms with Crippen LogP contribution in [0.1, 0.15) is 49.4 Å². The second-order valence-corrected chi connectivity index (χ2v) is 6.86. The van der Waals surface area contributed by atoms with Crippen molar-refractivity contribution in [2.45, 2.75) is 44.2 Å².